The van der Waals surface area contributed by atoms with Crippen molar-refractivity contribution >= 4 is 11.4 Å². The molecule has 1 aliphatic rings. The molecule has 2 unspecified atom stereocenters. The molecule has 0 amide bonds. The molecular formula is C14H22N2O3. The number of ether oxygens (including phenoxy) is 2. The van der Waals surface area contributed by atoms with Gasteiger partial charge in [-0.05, 0) is 12.3 Å². The predicted molar refractivity (Wildman–Crippen MR) is 76.0 cm³/mol. The predicted octanol–water partition coefficient (Wildman–Crippen LogP) is 1.49. The highest BCUT2D eigenvalue weighted by Gasteiger charge is 2.26. The van der Waals surface area contributed by atoms with E-state index in [0.29, 0.717) is 17.2 Å². The minimum absolute atomic E-state index is 0.224. The van der Waals surface area contributed by atoms with Crippen LogP contribution in [0.5, 0.6) is 11.5 Å². The number of hydrogen-bond donors (Lipinski definition) is 2. The minimum atomic E-state index is -0.224. The summed E-state index contributed by atoms with van der Waals surface area (Å²) >= 11 is 0. The zero-order chi connectivity index (χ0) is 14.0. The first-order valence-electron chi connectivity index (χ1n) is 6.51. The lowest BCUT2D eigenvalue weighted by atomic mass is 9.96. The number of methoxy groups -OCH3 is 2. The number of nitrogen functional groups attached to an aromatic ring is 1. The molecule has 2 rings (SSSR count). The van der Waals surface area contributed by atoms with Gasteiger partial charge >= 0.3 is 0 Å². The van der Waals surface area contributed by atoms with Crippen LogP contribution in [0.3, 0.4) is 0 Å². The molecule has 19 heavy (non-hydrogen) atoms. The molecule has 5 nitrogen and oxygen atoms in total. The summed E-state index contributed by atoms with van der Waals surface area (Å²) in [6.07, 6.45) is 0.534. The van der Waals surface area contributed by atoms with Gasteiger partial charge in [-0.3, -0.25) is 0 Å². The largest absolute Gasteiger partial charge is 0.493 e. The molecule has 3 N–H and O–H groups in total. The van der Waals surface area contributed by atoms with Crippen molar-refractivity contribution in [1.82, 2.24) is 0 Å². The number of aliphatic hydroxyl groups excluding tert-OH is 1. The Bertz CT molecular complexity index is 451. The van der Waals surface area contributed by atoms with Gasteiger partial charge in [-0.25, -0.2) is 0 Å². The van der Waals surface area contributed by atoms with Crippen molar-refractivity contribution in [2.75, 3.05) is 37.9 Å². The highest BCUT2D eigenvalue weighted by Crippen LogP contribution is 2.38. The number of rotatable bonds is 3. The second-order valence-electron chi connectivity index (χ2n) is 5.05. The third kappa shape index (κ3) is 2.71. The molecule has 5 heteroatoms. The Morgan fingerprint density at radius 2 is 1.89 bits per heavy atom. The number of nitrogens with zero attached hydrogens (tertiary/aromatic N) is 1. The summed E-state index contributed by atoms with van der Waals surface area (Å²) in [4.78, 5) is 2.19. The summed E-state index contributed by atoms with van der Waals surface area (Å²) in [5.74, 6) is 1.54. The Morgan fingerprint density at radius 1 is 1.26 bits per heavy atom. The van der Waals surface area contributed by atoms with Crippen molar-refractivity contribution < 1.29 is 14.6 Å². The molecule has 0 spiro atoms. The molecule has 1 saturated heterocycles. The van der Waals surface area contributed by atoms with Gasteiger partial charge in [0.15, 0.2) is 11.5 Å². The van der Waals surface area contributed by atoms with Crippen molar-refractivity contribution in [3.05, 3.63) is 12.1 Å². The Kier molecular flexibility index (Phi) is 4.04. The molecule has 1 aromatic carbocycles. The molecule has 0 radical (unpaired) electrons. The van der Waals surface area contributed by atoms with Gasteiger partial charge in [0.2, 0.25) is 0 Å². The highest BCUT2D eigenvalue weighted by molar-refractivity contribution is 5.73. The molecular weight excluding hydrogens is 244 g/mol. The lowest BCUT2D eigenvalue weighted by Crippen LogP contribution is -2.42. The first-order chi connectivity index (χ1) is 9.06. The Labute approximate surface area is 113 Å². The molecule has 0 aliphatic carbocycles. The van der Waals surface area contributed by atoms with Crippen molar-refractivity contribution in [1.29, 1.82) is 0 Å². The summed E-state index contributed by atoms with van der Waals surface area (Å²) < 4.78 is 10.5. The number of nitrogens with two attached hydrogens (primary N) is 1. The summed E-state index contributed by atoms with van der Waals surface area (Å²) in [6.45, 7) is 3.64. The quantitative estimate of drug-likeness (QED) is 0.811. The fourth-order valence-electron chi connectivity index (χ4n) is 2.51. The Hall–Kier alpha value is -1.62. The van der Waals surface area contributed by atoms with E-state index in [9.17, 15) is 5.11 Å². The number of hydrogen-bond acceptors (Lipinski definition) is 5. The topological polar surface area (TPSA) is 68.0 Å². The summed E-state index contributed by atoms with van der Waals surface area (Å²) in [7, 11) is 3.21. The van der Waals surface area contributed by atoms with Crippen LogP contribution in [0.4, 0.5) is 11.4 Å². The van der Waals surface area contributed by atoms with E-state index in [1.54, 1.807) is 20.3 Å². The van der Waals surface area contributed by atoms with Crippen molar-refractivity contribution in [3.63, 3.8) is 0 Å². The second kappa shape index (κ2) is 5.57. The van der Waals surface area contributed by atoms with Crippen LogP contribution < -0.4 is 20.1 Å². The molecule has 0 saturated carbocycles. The zero-order valence-corrected chi connectivity index (χ0v) is 11.7. The second-order valence-corrected chi connectivity index (χ2v) is 5.05. The van der Waals surface area contributed by atoms with Gasteiger partial charge in [0.05, 0.1) is 31.7 Å². The van der Waals surface area contributed by atoms with Gasteiger partial charge in [-0.2, -0.15) is 0 Å². The van der Waals surface area contributed by atoms with Crippen molar-refractivity contribution in [2.24, 2.45) is 5.92 Å². The number of aliphatic hydroxyl groups is 1. The first-order valence-corrected chi connectivity index (χ1v) is 6.51. The maximum atomic E-state index is 9.79. The maximum Gasteiger partial charge on any atom is 0.162 e. The van der Waals surface area contributed by atoms with Gasteiger partial charge in [-0.15, -0.1) is 0 Å². The first kappa shape index (κ1) is 13.8. The maximum absolute atomic E-state index is 9.79. The molecule has 0 bridgehead atoms. The van der Waals surface area contributed by atoms with Gasteiger partial charge in [0, 0.05) is 25.2 Å². The van der Waals surface area contributed by atoms with Gasteiger partial charge in [-0.1, -0.05) is 6.92 Å². The van der Waals surface area contributed by atoms with Gasteiger partial charge < -0.3 is 25.2 Å². The molecule has 2 atom stereocenters. The molecule has 1 aromatic rings. The lowest BCUT2D eigenvalue weighted by molar-refractivity contribution is 0.0971. The number of benzene rings is 1. The monoisotopic (exact) mass is 266 g/mol. The average molecular weight is 266 g/mol. The van der Waals surface area contributed by atoms with Crippen molar-refractivity contribution in [3.8, 4) is 11.5 Å². The van der Waals surface area contributed by atoms with E-state index in [0.717, 1.165) is 25.2 Å². The molecule has 1 heterocycles. The number of piperidine rings is 1. The normalized spacial score (nSPS) is 23.3. The SMILES string of the molecule is COc1cc(N)c(N2CCC(O)C(C)C2)cc1OC. The van der Waals surface area contributed by atoms with E-state index in [-0.39, 0.29) is 12.0 Å². The Balaban J connectivity index is 2.29. The van der Waals surface area contributed by atoms with Crippen LogP contribution in [0.25, 0.3) is 0 Å². The fourth-order valence-corrected chi connectivity index (χ4v) is 2.51. The van der Waals surface area contributed by atoms with Crippen LogP contribution in [0.2, 0.25) is 0 Å². The van der Waals surface area contributed by atoms with Gasteiger partial charge in [0.25, 0.3) is 0 Å². The van der Waals surface area contributed by atoms with Crippen LogP contribution in [0.15, 0.2) is 12.1 Å². The minimum Gasteiger partial charge on any atom is -0.493 e. The van der Waals surface area contributed by atoms with E-state index in [1.807, 2.05) is 13.0 Å². The molecule has 106 valence electrons. The van der Waals surface area contributed by atoms with Crippen LogP contribution >= 0.6 is 0 Å². The van der Waals surface area contributed by atoms with Gasteiger partial charge in [0.1, 0.15) is 0 Å². The molecule has 0 aromatic heterocycles. The molecule has 1 aliphatic heterocycles. The smallest absolute Gasteiger partial charge is 0.162 e. The van der Waals surface area contributed by atoms with E-state index in [4.69, 9.17) is 15.2 Å². The Morgan fingerprint density at radius 3 is 2.47 bits per heavy atom. The summed E-state index contributed by atoms with van der Waals surface area (Å²) in [5, 5.41) is 9.79. The van der Waals surface area contributed by atoms with Crippen LogP contribution in [0, 0.1) is 5.92 Å². The van der Waals surface area contributed by atoms with Crippen LogP contribution in [-0.2, 0) is 0 Å². The lowest BCUT2D eigenvalue weighted by Gasteiger charge is -2.36. The average Bonchev–Trinajstić information content (AvgIpc) is 2.41. The summed E-state index contributed by atoms with van der Waals surface area (Å²) in [6, 6.07) is 3.68. The van der Waals surface area contributed by atoms with Crippen molar-refractivity contribution in [2.45, 2.75) is 19.4 Å². The third-order valence-corrected chi connectivity index (χ3v) is 3.73. The van der Waals surface area contributed by atoms with Crippen LogP contribution in [-0.4, -0.2) is 38.5 Å². The summed E-state index contributed by atoms with van der Waals surface area (Å²) in [5.41, 5.74) is 7.70. The number of anilines is 2. The fraction of sp³-hybridized carbons (Fsp3) is 0.571. The van der Waals surface area contributed by atoms with E-state index in [1.165, 1.54) is 0 Å². The zero-order valence-electron chi connectivity index (χ0n) is 11.7. The van der Waals surface area contributed by atoms with E-state index >= 15 is 0 Å². The van der Waals surface area contributed by atoms with Crippen LogP contribution in [0.1, 0.15) is 13.3 Å². The van der Waals surface area contributed by atoms with E-state index in [2.05, 4.69) is 4.90 Å². The third-order valence-electron chi connectivity index (χ3n) is 3.73. The highest BCUT2D eigenvalue weighted by atomic mass is 16.5. The molecule has 1 fully saturated rings. The van der Waals surface area contributed by atoms with E-state index < -0.39 is 0 Å². The standard InChI is InChI=1S/C14H22N2O3/c1-9-8-16(5-4-12(9)17)11-7-14(19-3)13(18-2)6-10(11)15/h6-7,9,12,17H,4-5,8,15H2,1-3H3.